The molecular weight excluding hydrogens is 292 g/mol. The summed E-state index contributed by atoms with van der Waals surface area (Å²) in [5.74, 6) is -3.00. The van der Waals surface area contributed by atoms with Gasteiger partial charge in [0.2, 0.25) is 0 Å². The van der Waals surface area contributed by atoms with Gasteiger partial charge in [-0.05, 0) is 36.8 Å². The van der Waals surface area contributed by atoms with Crippen LogP contribution in [0, 0.1) is 18.6 Å². The Morgan fingerprint density at radius 2 is 1.82 bits per heavy atom. The molecule has 2 aromatic rings. The molecule has 0 radical (unpaired) electrons. The zero-order valence-corrected chi connectivity index (χ0v) is 11.9. The van der Waals surface area contributed by atoms with Crippen LogP contribution in [0.5, 0.6) is 0 Å². The van der Waals surface area contributed by atoms with Crippen molar-refractivity contribution in [2.75, 3.05) is 12.4 Å². The topological polar surface area (TPSA) is 55.4 Å². The Morgan fingerprint density at radius 1 is 1.09 bits per heavy atom. The predicted molar refractivity (Wildman–Crippen MR) is 76.8 cm³/mol. The molecule has 0 atom stereocenters. The van der Waals surface area contributed by atoms with Gasteiger partial charge in [-0.15, -0.1) is 0 Å². The molecule has 6 heteroatoms. The van der Waals surface area contributed by atoms with Gasteiger partial charge < -0.3 is 10.1 Å². The van der Waals surface area contributed by atoms with E-state index in [4.69, 9.17) is 0 Å². The van der Waals surface area contributed by atoms with Crippen LogP contribution >= 0.6 is 0 Å². The summed E-state index contributed by atoms with van der Waals surface area (Å²) >= 11 is 0. The maximum Gasteiger partial charge on any atom is 0.338 e. The van der Waals surface area contributed by atoms with Crippen molar-refractivity contribution in [3.63, 3.8) is 0 Å². The third kappa shape index (κ3) is 3.11. The summed E-state index contributed by atoms with van der Waals surface area (Å²) in [4.78, 5) is 23.7. The first-order chi connectivity index (χ1) is 10.4. The van der Waals surface area contributed by atoms with Crippen LogP contribution in [0.1, 0.15) is 26.3 Å². The summed E-state index contributed by atoms with van der Waals surface area (Å²) in [6, 6.07) is 7.37. The lowest BCUT2D eigenvalue weighted by Crippen LogP contribution is -2.16. The lowest BCUT2D eigenvalue weighted by molar-refractivity contribution is 0.0599. The lowest BCUT2D eigenvalue weighted by atomic mass is 10.1. The fourth-order valence-electron chi connectivity index (χ4n) is 1.97. The van der Waals surface area contributed by atoms with E-state index in [1.54, 1.807) is 25.1 Å². The first-order valence-corrected chi connectivity index (χ1v) is 6.38. The van der Waals surface area contributed by atoms with Gasteiger partial charge in [0.15, 0.2) is 0 Å². The summed E-state index contributed by atoms with van der Waals surface area (Å²) in [5, 5.41) is 2.50. The summed E-state index contributed by atoms with van der Waals surface area (Å²) in [6.07, 6.45) is 0. The summed E-state index contributed by atoms with van der Waals surface area (Å²) < 4.78 is 31.1. The molecule has 0 heterocycles. The van der Waals surface area contributed by atoms with Crippen molar-refractivity contribution in [2.24, 2.45) is 0 Å². The van der Waals surface area contributed by atoms with E-state index >= 15 is 0 Å². The molecule has 0 saturated heterocycles. The number of nitrogens with one attached hydrogen (secondary N) is 1. The number of esters is 1. The van der Waals surface area contributed by atoms with E-state index < -0.39 is 23.5 Å². The SMILES string of the molecule is COC(=O)c1cccc(NC(=O)c2ccc(F)cc2F)c1C. The van der Waals surface area contributed by atoms with Gasteiger partial charge in [0, 0.05) is 11.8 Å². The normalized spacial score (nSPS) is 10.2. The molecule has 0 aliphatic rings. The van der Waals surface area contributed by atoms with Gasteiger partial charge >= 0.3 is 5.97 Å². The number of anilines is 1. The number of ether oxygens (including phenoxy) is 1. The number of hydrogen-bond donors (Lipinski definition) is 1. The summed E-state index contributed by atoms with van der Waals surface area (Å²) in [6.45, 7) is 1.63. The Hall–Kier alpha value is -2.76. The van der Waals surface area contributed by atoms with Gasteiger partial charge in [0.1, 0.15) is 11.6 Å². The van der Waals surface area contributed by atoms with E-state index in [1.165, 1.54) is 7.11 Å². The third-order valence-corrected chi connectivity index (χ3v) is 3.16. The van der Waals surface area contributed by atoms with Crippen molar-refractivity contribution in [3.05, 3.63) is 64.7 Å². The van der Waals surface area contributed by atoms with Crippen molar-refractivity contribution in [3.8, 4) is 0 Å². The Morgan fingerprint density at radius 3 is 2.45 bits per heavy atom. The van der Waals surface area contributed by atoms with Crippen molar-refractivity contribution in [2.45, 2.75) is 6.92 Å². The molecule has 114 valence electrons. The highest BCUT2D eigenvalue weighted by Gasteiger charge is 2.16. The summed E-state index contributed by atoms with van der Waals surface area (Å²) in [7, 11) is 1.25. The minimum atomic E-state index is -0.959. The fourth-order valence-corrected chi connectivity index (χ4v) is 1.97. The molecule has 2 aromatic carbocycles. The molecule has 0 saturated carbocycles. The fraction of sp³-hybridized carbons (Fsp3) is 0.125. The molecule has 2 rings (SSSR count). The quantitative estimate of drug-likeness (QED) is 0.885. The van der Waals surface area contributed by atoms with Crippen molar-refractivity contribution < 1.29 is 23.1 Å². The zero-order chi connectivity index (χ0) is 16.3. The highest BCUT2D eigenvalue weighted by molar-refractivity contribution is 6.05. The van der Waals surface area contributed by atoms with Crippen LogP contribution in [0.25, 0.3) is 0 Å². The molecular formula is C16H13F2NO3. The maximum atomic E-state index is 13.6. The summed E-state index contributed by atoms with van der Waals surface area (Å²) in [5.41, 5.74) is 0.839. The number of benzene rings is 2. The van der Waals surface area contributed by atoms with E-state index in [0.717, 1.165) is 12.1 Å². The van der Waals surface area contributed by atoms with Crippen LogP contribution in [-0.4, -0.2) is 19.0 Å². The zero-order valence-electron chi connectivity index (χ0n) is 11.9. The highest BCUT2D eigenvalue weighted by Crippen LogP contribution is 2.21. The highest BCUT2D eigenvalue weighted by atomic mass is 19.1. The average molecular weight is 305 g/mol. The number of hydrogen-bond acceptors (Lipinski definition) is 3. The number of methoxy groups -OCH3 is 1. The van der Waals surface area contributed by atoms with E-state index in [0.29, 0.717) is 22.9 Å². The van der Waals surface area contributed by atoms with Crippen LogP contribution in [-0.2, 0) is 4.74 Å². The molecule has 0 aliphatic carbocycles. The lowest BCUT2D eigenvalue weighted by Gasteiger charge is -2.11. The number of carbonyl (C=O) groups is 2. The minimum absolute atomic E-state index is 0.288. The van der Waals surface area contributed by atoms with E-state index in [9.17, 15) is 18.4 Å². The second kappa shape index (κ2) is 6.34. The van der Waals surface area contributed by atoms with Crippen molar-refractivity contribution in [1.82, 2.24) is 0 Å². The largest absolute Gasteiger partial charge is 0.465 e. The number of amides is 1. The monoisotopic (exact) mass is 305 g/mol. The molecule has 0 fully saturated rings. The van der Waals surface area contributed by atoms with Gasteiger partial charge in [-0.3, -0.25) is 4.79 Å². The molecule has 1 N–H and O–H groups in total. The van der Waals surface area contributed by atoms with E-state index in [-0.39, 0.29) is 5.56 Å². The Balaban J connectivity index is 2.31. The van der Waals surface area contributed by atoms with Gasteiger partial charge in [0.05, 0.1) is 18.2 Å². The molecule has 0 spiro atoms. The van der Waals surface area contributed by atoms with Crippen LogP contribution < -0.4 is 5.32 Å². The van der Waals surface area contributed by atoms with Crippen LogP contribution in [0.4, 0.5) is 14.5 Å². The van der Waals surface area contributed by atoms with Gasteiger partial charge in [0.25, 0.3) is 5.91 Å². The molecule has 0 aromatic heterocycles. The van der Waals surface area contributed by atoms with Gasteiger partial charge in [-0.1, -0.05) is 6.07 Å². The van der Waals surface area contributed by atoms with Gasteiger partial charge in [-0.2, -0.15) is 0 Å². The first kappa shape index (κ1) is 15.6. The molecule has 0 bridgehead atoms. The van der Waals surface area contributed by atoms with Crippen LogP contribution in [0.15, 0.2) is 36.4 Å². The molecule has 0 unspecified atom stereocenters. The number of carbonyl (C=O) groups excluding carboxylic acids is 2. The first-order valence-electron chi connectivity index (χ1n) is 6.38. The predicted octanol–water partition coefficient (Wildman–Crippen LogP) is 3.31. The Kier molecular flexibility index (Phi) is 4.50. The minimum Gasteiger partial charge on any atom is -0.465 e. The Bertz CT molecular complexity index is 744. The second-order valence-corrected chi connectivity index (χ2v) is 4.55. The molecule has 22 heavy (non-hydrogen) atoms. The standard InChI is InChI=1S/C16H13F2NO3/c1-9-11(16(21)22-2)4-3-5-14(9)19-15(20)12-7-6-10(17)8-13(12)18/h3-8H,1-2H3,(H,19,20). The maximum absolute atomic E-state index is 13.6. The molecule has 0 aliphatic heterocycles. The van der Waals surface area contributed by atoms with Crippen LogP contribution in [0.3, 0.4) is 0 Å². The third-order valence-electron chi connectivity index (χ3n) is 3.16. The van der Waals surface area contributed by atoms with E-state index in [2.05, 4.69) is 10.1 Å². The van der Waals surface area contributed by atoms with Crippen LogP contribution in [0.2, 0.25) is 0 Å². The second-order valence-electron chi connectivity index (χ2n) is 4.55. The average Bonchev–Trinajstić information content (AvgIpc) is 2.48. The van der Waals surface area contributed by atoms with Crippen molar-refractivity contribution >= 4 is 17.6 Å². The number of rotatable bonds is 3. The Labute approximate surface area is 125 Å². The number of halogens is 2. The van der Waals surface area contributed by atoms with E-state index in [1.807, 2.05) is 0 Å². The smallest absolute Gasteiger partial charge is 0.338 e. The van der Waals surface area contributed by atoms with Crippen molar-refractivity contribution in [1.29, 1.82) is 0 Å². The molecule has 1 amide bonds. The molecule has 4 nitrogen and oxygen atoms in total. The van der Waals surface area contributed by atoms with Gasteiger partial charge in [-0.25, -0.2) is 13.6 Å².